The summed E-state index contributed by atoms with van der Waals surface area (Å²) in [6.07, 6.45) is 0.953. The molecule has 0 atom stereocenters. The number of aryl methyl sites for hydroxylation is 1. The van der Waals surface area contributed by atoms with E-state index in [0.717, 1.165) is 27.3 Å². The van der Waals surface area contributed by atoms with Crippen molar-refractivity contribution in [1.29, 1.82) is 0 Å². The van der Waals surface area contributed by atoms with Gasteiger partial charge in [0.2, 0.25) is 5.13 Å². The molecule has 96 valence electrons. The molecule has 0 saturated carbocycles. The Labute approximate surface area is 115 Å². The summed E-state index contributed by atoms with van der Waals surface area (Å²) in [4.78, 5) is 1.97. The van der Waals surface area contributed by atoms with Gasteiger partial charge in [-0.1, -0.05) is 41.3 Å². The Balaban J connectivity index is 1.87. The first-order valence-electron chi connectivity index (χ1n) is 5.64. The molecule has 0 aliphatic rings. The Morgan fingerprint density at radius 1 is 1.28 bits per heavy atom. The van der Waals surface area contributed by atoms with Crippen molar-refractivity contribution in [3.05, 3.63) is 29.8 Å². The third kappa shape index (κ3) is 3.36. The second-order valence-corrected chi connectivity index (χ2v) is 6.34. The number of rotatable bonds is 5. The molecule has 2 N–H and O–H groups in total. The number of hydrogen-bond donors (Lipinski definition) is 1. The SMILES string of the molecule is CN(C)c1nnc(SCCc2ccccc2N)s1. The van der Waals surface area contributed by atoms with Crippen molar-refractivity contribution >= 4 is 33.9 Å². The number of anilines is 2. The molecule has 0 aliphatic carbocycles. The van der Waals surface area contributed by atoms with E-state index in [1.807, 2.05) is 37.2 Å². The van der Waals surface area contributed by atoms with E-state index in [0.29, 0.717) is 0 Å². The number of nitrogens with zero attached hydrogens (tertiary/aromatic N) is 3. The van der Waals surface area contributed by atoms with E-state index >= 15 is 0 Å². The molecule has 0 aliphatic heterocycles. The molecule has 1 aromatic heterocycles. The highest BCUT2D eigenvalue weighted by molar-refractivity contribution is 8.01. The number of thioether (sulfide) groups is 1. The molecule has 2 rings (SSSR count). The first kappa shape index (κ1) is 13.2. The fourth-order valence-corrected chi connectivity index (χ4v) is 3.26. The van der Waals surface area contributed by atoms with E-state index < -0.39 is 0 Å². The summed E-state index contributed by atoms with van der Waals surface area (Å²) in [5.74, 6) is 0.969. The number of benzene rings is 1. The van der Waals surface area contributed by atoms with Crippen molar-refractivity contribution < 1.29 is 0 Å². The minimum atomic E-state index is 0.865. The summed E-state index contributed by atoms with van der Waals surface area (Å²) >= 11 is 3.34. The third-order valence-corrected chi connectivity index (χ3v) is 4.66. The highest BCUT2D eigenvalue weighted by atomic mass is 32.2. The highest BCUT2D eigenvalue weighted by Gasteiger charge is 2.06. The van der Waals surface area contributed by atoms with Gasteiger partial charge in [0.15, 0.2) is 4.34 Å². The molecule has 4 nitrogen and oxygen atoms in total. The van der Waals surface area contributed by atoms with E-state index in [1.165, 1.54) is 5.56 Å². The molecule has 18 heavy (non-hydrogen) atoms. The van der Waals surface area contributed by atoms with Gasteiger partial charge in [-0.25, -0.2) is 0 Å². The van der Waals surface area contributed by atoms with Gasteiger partial charge in [0, 0.05) is 25.5 Å². The molecule has 0 fully saturated rings. The van der Waals surface area contributed by atoms with Crippen LogP contribution in [0.2, 0.25) is 0 Å². The number of hydrogen-bond acceptors (Lipinski definition) is 6. The van der Waals surface area contributed by atoms with Crippen LogP contribution in [0.4, 0.5) is 10.8 Å². The molecule has 0 amide bonds. The summed E-state index contributed by atoms with van der Waals surface area (Å²) in [5.41, 5.74) is 7.96. The average molecular weight is 280 g/mol. The van der Waals surface area contributed by atoms with Gasteiger partial charge in [0.1, 0.15) is 0 Å². The second-order valence-electron chi connectivity index (χ2n) is 4.04. The van der Waals surface area contributed by atoms with E-state index in [-0.39, 0.29) is 0 Å². The van der Waals surface area contributed by atoms with Crippen LogP contribution in [0.1, 0.15) is 5.56 Å². The molecule has 0 radical (unpaired) electrons. The summed E-state index contributed by atoms with van der Waals surface area (Å²) in [5, 5.41) is 9.20. The summed E-state index contributed by atoms with van der Waals surface area (Å²) in [6, 6.07) is 7.99. The highest BCUT2D eigenvalue weighted by Crippen LogP contribution is 2.27. The summed E-state index contributed by atoms with van der Waals surface area (Å²) in [6.45, 7) is 0. The van der Waals surface area contributed by atoms with Crippen LogP contribution >= 0.6 is 23.1 Å². The Hall–Kier alpha value is -1.27. The second kappa shape index (κ2) is 6.06. The molecule has 0 unspecified atom stereocenters. The average Bonchev–Trinajstić information content (AvgIpc) is 2.80. The monoisotopic (exact) mass is 280 g/mol. The standard InChI is InChI=1S/C12H16N4S2/c1-16(2)11-14-15-12(18-11)17-8-7-9-5-3-4-6-10(9)13/h3-6H,7-8,13H2,1-2H3. The predicted octanol–water partition coefficient (Wildman–Crippen LogP) is 2.52. The van der Waals surface area contributed by atoms with Gasteiger partial charge in [-0.05, 0) is 18.1 Å². The van der Waals surface area contributed by atoms with Crippen LogP contribution in [-0.4, -0.2) is 30.0 Å². The summed E-state index contributed by atoms with van der Waals surface area (Å²) in [7, 11) is 3.94. The zero-order chi connectivity index (χ0) is 13.0. The van der Waals surface area contributed by atoms with Gasteiger partial charge >= 0.3 is 0 Å². The van der Waals surface area contributed by atoms with Gasteiger partial charge in [-0.3, -0.25) is 0 Å². The molecular formula is C12H16N4S2. The van der Waals surface area contributed by atoms with Crippen LogP contribution in [0, 0.1) is 0 Å². The smallest absolute Gasteiger partial charge is 0.208 e. The largest absolute Gasteiger partial charge is 0.399 e. The van der Waals surface area contributed by atoms with Crippen LogP contribution in [0.5, 0.6) is 0 Å². The minimum absolute atomic E-state index is 0.865. The van der Waals surface area contributed by atoms with E-state index in [2.05, 4.69) is 16.3 Å². The number of aromatic nitrogens is 2. The lowest BCUT2D eigenvalue weighted by molar-refractivity contribution is 0.971. The maximum absolute atomic E-state index is 5.90. The number of nitrogen functional groups attached to an aromatic ring is 1. The predicted molar refractivity (Wildman–Crippen MR) is 79.5 cm³/mol. The normalized spacial score (nSPS) is 10.6. The number of para-hydroxylation sites is 1. The number of nitrogens with two attached hydrogens (primary N) is 1. The van der Waals surface area contributed by atoms with Gasteiger partial charge in [0.05, 0.1) is 0 Å². The first-order chi connectivity index (χ1) is 8.66. The van der Waals surface area contributed by atoms with Crippen LogP contribution < -0.4 is 10.6 Å². The minimum Gasteiger partial charge on any atom is -0.399 e. The fraction of sp³-hybridized carbons (Fsp3) is 0.333. The van der Waals surface area contributed by atoms with Crippen molar-refractivity contribution in [2.75, 3.05) is 30.5 Å². The zero-order valence-electron chi connectivity index (χ0n) is 10.5. The van der Waals surface area contributed by atoms with Gasteiger partial charge in [0.25, 0.3) is 0 Å². The summed E-state index contributed by atoms with van der Waals surface area (Å²) < 4.78 is 1.01. The lowest BCUT2D eigenvalue weighted by Gasteiger charge is -2.04. The lowest BCUT2D eigenvalue weighted by Crippen LogP contribution is -2.07. The molecule has 0 saturated heterocycles. The maximum Gasteiger partial charge on any atom is 0.208 e. The maximum atomic E-state index is 5.90. The Bertz CT molecular complexity index is 510. The first-order valence-corrected chi connectivity index (χ1v) is 7.44. The Morgan fingerprint density at radius 3 is 2.72 bits per heavy atom. The molecule has 2 aromatic rings. The van der Waals surface area contributed by atoms with Gasteiger partial charge in [-0.2, -0.15) is 0 Å². The van der Waals surface area contributed by atoms with Crippen molar-refractivity contribution in [2.45, 2.75) is 10.8 Å². The van der Waals surface area contributed by atoms with Gasteiger partial charge in [-0.15, -0.1) is 10.2 Å². The van der Waals surface area contributed by atoms with E-state index in [1.54, 1.807) is 23.1 Å². The van der Waals surface area contributed by atoms with E-state index in [9.17, 15) is 0 Å². The van der Waals surface area contributed by atoms with Crippen LogP contribution in [-0.2, 0) is 6.42 Å². The zero-order valence-corrected chi connectivity index (χ0v) is 12.1. The van der Waals surface area contributed by atoms with Crippen molar-refractivity contribution in [2.24, 2.45) is 0 Å². The van der Waals surface area contributed by atoms with Crippen LogP contribution in [0.15, 0.2) is 28.6 Å². The molecule has 1 heterocycles. The molecule has 0 bridgehead atoms. The lowest BCUT2D eigenvalue weighted by atomic mass is 10.1. The third-order valence-electron chi connectivity index (χ3n) is 2.43. The molecule has 6 heteroatoms. The van der Waals surface area contributed by atoms with Crippen molar-refractivity contribution in [3.8, 4) is 0 Å². The van der Waals surface area contributed by atoms with Crippen LogP contribution in [0.25, 0.3) is 0 Å². The van der Waals surface area contributed by atoms with Crippen molar-refractivity contribution in [3.63, 3.8) is 0 Å². The molecular weight excluding hydrogens is 264 g/mol. The fourth-order valence-electron chi connectivity index (χ4n) is 1.45. The molecule has 0 spiro atoms. The quantitative estimate of drug-likeness (QED) is 0.674. The Kier molecular flexibility index (Phi) is 4.43. The van der Waals surface area contributed by atoms with E-state index in [4.69, 9.17) is 5.73 Å². The van der Waals surface area contributed by atoms with Crippen molar-refractivity contribution in [1.82, 2.24) is 10.2 Å². The van der Waals surface area contributed by atoms with Gasteiger partial charge < -0.3 is 10.6 Å². The van der Waals surface area contributed by atoms with Crippen LogP contribution in [0.3, 0.4) is 0 Å². The Morgan fingerprint density at radius 2 is 2.06 bits per heavy atom. The topological polar surface area (TPSA) is 55.0 Å². The molecule has 1 aromatic carbocycles.